The molecule has 1 aromatic rings. The largest absolute Gasteiger partial charge is 0.389 e. The normalized spacial score (nSPS) is 11.6. The lowest BCUT2D eigenvalue weighted by Gasteiger charge is -2.06. The van der Waals surface area contributed by atoms with Crippen molar-refractivity contribution in [1.29, 1.82) is 0 Å². The van der Waals surface area contributed by atoms with Gasteiger partial charge in [-0.05, 0) is 25.5 Å². The Kier molecular flexibility index (Phi) is 2.90. The van der Waals surface area contributed by atoms with Gasteiger partial charge in [0.05, 0.1) is 6.10 Å². The molecule has 0 bridgehead atoms. The SMILES string of the molecule is CC#Cc1ccccc1[C@H](C)O. The van der Waals surface area contributed by atoms with Gasteiger partial charge in [-0.3, -0.25) is 0 Å². The van der Waals surface area contributed by atoms with Crippen LogP contribution in [-0.2, 0) is 0 Å². The first kappa shape index (κ1) is 8.83. The van der Waals surface area contributed by atoms with Gasteiger partial charge in [-0.25, -0.2) is 0 Å². The summed E-state index contributed by atoms with van der Waals surface area (Å²) < 4.78 is 0. The van der Waals surface area contributed by atoms with Crippen LogP contribution in [0.5, 0.6) is 0 Å². The van der Waals surface area contributed by atoms with Crippen LogP contribution in [-0.4, -0.2) is 5.11 Å². The molecular weight excluding hydrogens is 148 g/mol. The molecule has 0 aromatic heterocycles. The molecule has 1 aromatic carbocycles. The Bertz CT molecular complexity index is 315. The molecule has 0 heterocycles. The standard InChI is InChI=1S/C11H12O/c1-3-6-10-7-4-5-8-11(10)9(2)12/h4-5,7-9,12H,1-2H3/t9-/m0/s1. The zero-order valence-corrected chi connectivity index (χ0v) is 7.33. The highest BCUT2D eigenvalue weighted by molar-refractivity contribution is 5.41. The number of hydrogen-bond acceptors (Lipinski definition) is 1. The monoisotopic (exact) mass is 160 g/mol. The molecule has 1 heteroatoms. The molecule has 0 saturated carbocycles. The first-order valence-electron chi connectivity index (χ1n) is 3.95. The quantitative estimate of drug-likeness (QED) is 0.624. The highest BCUT2D eigenvalue weighted by Gasteiger charge is 2.03. The van der Waals surface area contributed by atoms with Crippen molar-refractivity contribution in [3.8, 4) is 11.8 Å². The molecule has 0 saturated heterocycles. The molecule has 0 unspecified atom stereocenters. The fourth-order valence-corrected chi connectivity index (χ4v) is 1.11. The van der Waals surface area contributed by atoms with Crippen molar-refractivity contribution in [3.05, 3.63) is 35.4 Å². The van der Waals surface area contributed by atoms with Gasteiger partial charge in [0.1, 0.15) is 0 Å². The second-order valence-corrected chi connectivity index (χ2v) is 2.64. The van der Waals surface area contributed by atoms with E-state index in [-0.39, 0.29) is 0 Å². The maximum Gasteiger partial charge on any atom is 0.0774 e. The topological polar surface area (TPSA) is 20.2 Å². The zero-order chi connectivity index (χ0) is 8.97. The van der Waals surface area contributed by atoms with E-state index >= 15 is 0 Å². The molecule has 0 aliphatic rings. The molecule has 0 spiro atoms. The molecule has 0 fully saturated rings. The molecule has 1 rings (SSSR count). The van der Waals surface area contributed by atoms with Crippen LogP contribution in [0.1, 0.15) is 31.1 Å². The predicted molar refractivity (Wildman–Crippen MR) is 49.6 cm³/mol. The third kappa shape index (κ3) is 1.87. The molecule has 0 aliphatic heterocycles. The summed E-state index contributed by atoms with van der Waals surface area (Å²) in [5.74, 6) is 5.77. The molecule has 62 valence electrons. The highest BCUT2D eigenvalue weighted by Crippen LogP contribution is 2.15. The van der Waals surface area contributed by atoms with Gasteiger partial charge in [0.2, 0.25) is 0 Å². The Morgan fingerprint density at radius 1 is 1.33 bits per heavy atom. The average molecular weight is 160 g/mol. The third-order valence-corrected chi connectivity index (χ3v) is 1.67. The van der Waals surface area contributed by atoms with Crippen LogP contribution < -0.4 is 0 Å². The molecule has 12 heavy (non-hydrogen) atoms. The summed E-state index contributed by atoms with van der Waals surface area (Å²) in [7, 11) is 0. The van der Waals surface area contributed by atoms with Crippen molar-refractivity contribution >= 4 is 0 Å². The lowest BCUT2D eigenvalue weighted by atomic mass is 10.0. The fourth-order valence-electron chi connectivity index (χ4n) is 1.11. The Labute approximate surface area is 73.0 Å². The summed E-state index contributed by atoms with van der Waals surface area (Å²) in [4.78, 5) is 0. The van der Waals surface area contributed by atoms with Gasteiger partial charge in [0, 0.05) is 5.56 Å². The molecule has 1 N–H and O–H groups in total. The highest BCUT2D eigenvalue weighted by atomic mass is 16.3. The predicted octanol–water partition coefficient (Wildman–Crippen LogP) is 2.11. The number of rotatable bonds is 1. The zero-order valence-electron chi connectivity index (χ0n) is 7.33. The average Bonchev–Trinajstić information content (AvgIpc) is 2.05. The van der Waals surface area contributed by atoms with Crippen LogP contribution in [0.4, 0.5) is 0 Å². The number of aliphatic hydroxyl groups excluding tert-OH is 1. The van der Waals surface area contributed by atoms with Gasteiger partial charge in [0.15, 0.2) is 0 Å². The van der Waals surface area contributed by atoms with E-state index in [2.05, 4.69) is 11.8 Å². The molecular formula is C11H12O. The van der Waals surface area contributed by atoms with Gasteiger partial charge in [0.25, 0.3) is 0 Å². The van der Waals surface area contributed by atoms with Crippen LogP contribution in [0.15, 0.2) is 24.3 Å². The van der Waals surface area contributed by atoms with Crippen molar-refractivity contribution in [2.24, 2.45) is 0 Å². The lowest BCUT2D eigenvalue weighted by Crippen LogP contribution is -1.94. The fraction of sp³-hybridized carbons (Fsp3) is 0.273. The Morgan fingerprint density at radius 2 is 2.00 bits per heavy atom. The Hall–Kier alpha value is -1.26. The minimum absolute atomic E-state index is 0.443. The Morgan fingerprint density at radius 3 is 2.58 bits per heavy atom. The molecule has 0 aliphatic carbocycles. The molecule has 1 nitrogen and oxygen atoms in total. The minimum atomic E-state index is -0.443. The summed E-state index contributed by atoms with van der Waals surface area (Å²) in [5, 5.41) is 9.36. The van der Waals surface area contributed by atoms with Crippen LogP contribution in [0.25, 0.3) is 0 Å². The van der Waals surface area contributed by atoms with E-state index in [4.69, 9.17) is 0 Å². The summed E-state index contributed by atoms with van der Waals surface area (Å²) in [5.41, 5.74) is 1.81. The van der Waals surface area contributed by atoms with Crippen molar-refractivity contribution in [3.63, 3.8) is 0 Å². The molecule has 0 radical (unpaired) electrons. The van der Waals surface area contributed by atoms with E-state index in [9.17, 15) is 5.11 Å². The summed E-state index contributed by atoms with van der Waals surface area (Å²) in [6.45, 7) is 3.54. The van der Waals surface area contributed by atoms with Gasteiger partial charge < -0.3 is 5.11 Å². The van der Waals surface area contributed by atoms with Crippen molar-refractivity contribution in [2.75, 3.05) is 0 Å². The number of benzene rings is 1. The van der Waals surface area contributed by atoms with Crippen LogP contribution in [0.2, 0.25) is 0 Å². The Balaban J connectivity index is 3.14. The van der Waals surface area contributed by atoms with Gasteiger partial charge in [-0.15, -0.1) is 5.92 Å². The second kappa shape index (κ2) is 3.94. The summed E-state index contributed by atoms with van der Waals surface area (Å²) in [6, 6.07) is 7.64. The van der Waals surface area contributed by atoms with Crippen LogP contribution >= 0.6 is 0 Å². The van der Waals surface area contributed by atoms with E-state index in [1.807, 2.05) is 24.3 Å². The van der Waals surface area contributed by atoms with E-state index in [1.165, 1.54) is 0 Å². The van der Waals surface area contributed by atoms with E-state index < -0.39 is 6.10 Å². The van der Waals surface area contributed by atoms with Crippen molar-refractivity contribution in [1.82, 2.24) is 0 Å². The van der Waals surface area contributed by atoms with Gasteiger partial charge >= 0.3 is 0 Å². The lowest BCUT2D eigenvalue weighted by molar-refractivity contribution is 0.199. The molecule has 1 atom stereocenters. The van der Waals surface area contributed by atoms with Gasteiger partial charge in [-0.2, -0.15) is 0 Å². The maximum atomic E-state index is 9.36. The van der Waals surface area contributed by atoms with Gasteiger partial charge in [-0.1, -0.05) is 24.1 Å². The van der Waals surface area contributed by atoms with Crippen LogP contribution in [0, 0.1) is 11.8 Å². The smallest absolute Gasteiger partial charge is 0.0774 e. The van der Waals surface area contributed by atoms with E-state index in [0.29, 0.717) is 0 Å². The van der Waals surface area contributed by atoms with Crippen LogP contribution in [0.3, 0.4) is 0 Å². The first-order chi connectivity index (χ1) is 5.75. The number of aliphatic hydroxyl groups is 1. The minimum Gasteiger partial charge on any atom is -0.389 e. The van der Waals surface area contributed by atoms with E-state index in [1.54, 1.807) is 13.8 Å². The summed E-state index contributed by atoms with van der Waals surface area (Å²) >= 11 is 0. The summed E-state index contributed by atoms with van der Waals surface area (Å²) in [6.07, 6.45) is -0.443. The maximum absolute atomic E-state index is 9.36. The van der Waals surface area contributed by atoms with E-state index in [0.717, 1.165) is 11.1 Å². The van der Waals surface area contributed by atoms with Crippen molar-refractivity contribution < 1.29 is 5.11 Å². The first-order valence-corrected chi connectivity index (χ1v) is 3.95. The third-order valence-electron chi connectivity index (χ3n) is 1.67. The number of hydrogen-bond donors (Lipinski definition) is 1. The molecule has 0 amide bonds. The van der Waals surface area contributed by atoms with Crippen molar-refractivity contribution in [2.45, 2.75) is 20.0 Å². The second-order valence-electron chi connectivity index (χ2n) is 2.64.